The van der Waals surface area contributed by atoms with Gasteiger partial charge in [0, 0.05) is 13.2 Å². The molecule has 0 spiro atoms. The van der Waals surface area contributed by atoms with Crippen molar-refractivity contribution in [3.05, 3.63) is 0 Å². The molecule has 1 rings (SSSR count). The van der Waals surface area contributed by atoms with Crippen LogP contribution in [-0.4, -0.2) is 25.8 Å². The van der Waals surface area contributed by atoms with Crippen LogP contribution in [0.5, 0.6) is 0 Å². The Morgan fingerprint density at radius 3 is 2.43 bits per heavy atom. The van der Waals surface area contributed by atoms with E-state index < -0.39 is 0 Å². The van der Waals surface area contributed by atoms with Gasteiger partial charge in [-0.05, 0) is 32.7 Å². The molecule has 1 atom stereocenters. The summed E-state index contributed by atoms with van der Waals surface area (Å²) in [6.45, 7) is 2.25. The third-order valence-corrected chi connectivity index (χ3v) is 3.69. The first-order valence-corrected chi connectivity index (χ1v) is 6.01. The summed E-state index contributed by atoms with van der Waals surface area (Å²) in [4.78, 5) is 0. The van der Waals surface area contributed by atoms with Crippen LogP contribution in [0.3, 0.4) is 0 Å². The fourth-order valence-electron chi connectivity index (χ4n) is 2.49. The number of unbranched alkanes of at least 4 members (excludes halogenated alkanes) is 2. The average molecular weight is 199 g/mol. The van der Waals surface area contributed by atoms with Crippen LogP contribution in [0.2, 0.25) is 0 Å². The number of rotatable bonds is 7. The van der Waals surface area contributed by atoms with Gasteiger partial charge < -0.3 is 10.1 Å². The highest BCUT2D eigenvalue weighted by Gasteiger charge is 2.43. The zero-order chi connectivity index (χ0) is 10.4. The van der Waals surface area contributed by atoms with Crippen molar-refractivity contribution in [3.8, 4) is 0 Å². The van der Waals surface area contributed by atoms with Gasteiger partial charge in [0.05, 0.1) is 5.60 Å². The van der Waals surface area contributed by atoms with Crippen LogP contribution in [0.15, 0.2) is 0 Å². The van der Waals surface area contributed by atoms with Crippen LogP contribution in [0.1, 0.15) is 51.9 Å². The molecule has 0 aliphatic heterocycles. The second kappa shape index (κ2) is 5.72. The van der Waals surface area contributed by atoms with E-state index in [4.69, 9.17) is 4.74 Å². The standard InChI is InChI=1S/C12H25NO/c1-4-5-6-8-11(13-2)12(14-3)9-7-10-12/h11,13H,4-10H2,1-3H3. The Kier molecular flexibility index (Phi) is 4.90. The highest BCUT2D eigenvalue weighted by atomic mass is 16.5. The van der Waals surface area contributed by atoms with E-state index in [-0.39, 0.29) is 5.60 Å². The zero-order valence-corrected chi connectivity index (χ0v) is 9.94. The summed E-state index contributed by atoms with van der Waals surface area (Å²) in [6.07, 6.45) is 9.04. The predicted molar refractivity (Wildman–Crippen MR) is 60.6 cm³/mol. The van der Waals surface area contributed by atoms with E-state index >= 15 is 0 Å². The van der Waals surface area contributed by atoms with E-state index in [1.807, 2.05) is 7.11 Å². The van der Waals surface area contributed by atoms with Gasteiger partial charge in [-0.1, -0.05) is 26.2 Å². The molecule has 1 fully saturated rings. The molecule has 1 N–H and O–H groups in total. The lowest BCUT2D eigenvalue weighted by Crippen LogP contribution is -2.55. The van der Waals surface area contributed by atoms with Gasteiger partial charge in [0.25, 0.3) is 0 Å². The molecule has 1 saturated carbocycles. The van der Waals surface area contributed by atoms with Crippen LogP contribution >= 0.6 is 0 Å². The first kappa shape index (κ1) is 12.0. The minimum Gasteiger partial charge on any atom is -0.377 e. The molecule has 0 aromatic heterocycles. The molecule has 0 saturated heterocycles. The molecule has 1 unspecified atom stereocenters. The summed E-state index contributed by atoms with van der Waals surface area (Å²) in [7, 11) is 3.93. The van der Waals surface area contributed by atoms with E-state index in [9.17, 15) is 0 Å². The molecule has 0 aromatic carbocycles. The molecule has 1 aliphatic rings. The number of methoxy groups -OCH3 is 1. The Hall–Kier alpha value is -0.0800. The van der Waals surface area contributed by atoms with E-state index in [0.29, 0.717) is 6.04 Å². The van der Waals surface area contributed by atoms with Crippen LogP contribution in [0.4, 0.5) is 0 Å². The van der Waals surface area contributed by atoms with Crippen molar-refractivity contribution in [1.82, 2.24) is 5.32 Å². The molecule has 2 nitrogen and oxygen atoms in total. The Morgan fingerprint density at radius 1 is 1.36 bits per heavy atom. The predicted octanol–water partition coefficient (Wildman–Crippen LogP) is 2.72. The first-order valence-electron chi connectivity index (χ1n) is 6.01. The molecule has 0 bridgehead atoms. The highest BCUT2D eigenvalue weighted by Crippen LogP contribution is 2.39. The van der Waals surface area contributed by atoms with Crippen LogP contribution in [0, 0.1) is 0 Å². The van der Waals surface area contributed by atoms with Gasteiger partial charge in [0.15, 0.2) is 0 Å². The lowest BCUT2D eigenvalue weighted by atomic mass is 9.73. The quantitative estimate of drug-likeness (QED) is 0.637. The Morgan fingerprint density at radius 2 is 2.07 bits per heavy atom. The molecule has 1 aliphatic carbocycles. The third-order valence-electron chi connectivity index (χ3n) is 3.69. The van der Waals surface area contributed by atoms with E-state index in [1.54, 1.807) is 0 Å². The SMILES string of the molecule is CCCCCC(NC)C1(OC)CCC1. The van der Waals surface area contributed by atoms with Crippen LogP contribution in [-0.2, 0) is 4.74 Å². The molecule has 14 heavy (non-hydrogen) atoms. The average Bonchev–Trinajstić information content (AvgIpc) is 2.14. The number of nitrogens with one attached hydrogen (secondary N) is 1. The molecule has 0 amide bonds. The van der Waals surface area contributed by atoms with Gasteiger partial charge in [0.2, 0.25) is 0 Å². The Labute approximate surface area is 88.4 Å². The summed E-state index contributed by atoms with van der Waals surface area (Å²) < 4.78 is 5.69. The molecule has 2 heteroatoms. The molecular weight excluding hydrogens is 174 g/mol. The summed E-state index contributed by atoms with van der Waals surface area (Å²) in [5.74, 6) is 0. The largest absolute Gasteiger partial charge is 0.377 e. The van der Waals surface area contributed by atoms with Crippen molar-refractivity contribution in [2.45, 2.75) is 63.5 Å². The first-order chi connectivity index (χ1) is 6.79. The van der Waals surface area contributed by atoms with Crippen molar-refractivity contribution in [3.63, 3.8) is 0 Å². The molecule has 0 heterocycles. The summed E-state index contributed by atoms with van der Waals surface area (Å²) in [5, 5.41) is 3.43. The smallest absolute Gasteiger partial charge is 0.0830 e. The van der Waals surface area contributed by atoms with Crippen molar-refractivity contribution in [2.24, 2.45) is 0 Å². The second-order valence-electron chi connectivity index (χ2n) is 4.46. The van der Waals surface area contributed by atoms with Crippen molar-refractivity contribution in [1.29, 1.82) is 0 Å². The second-order valence-corrected chi connectivity index (χ2v) is 4.46. The number of hydrogen-bond acceptors (Lipinski definition) is 2. The molecule has 0 aromatic rings. The van der Waals surface area contributed by atoms with Crippen molar-refractivity contribution in [2.75, 3.05) is 14.2 Å². The van der Waals surface area contributed by atoms with Gasteiger partial charge in [-0.2, -0.15) is 0 Å². The molecule has 0 radical (unpaired) electrons. The van der Waals surface area contributed by atoms with Crippen molar-refractivity contribution >= 4 is 0 Å². The summed E-state index contributed by atoms with van der Waals surface area (Å²) in [6, 6.07) is 0.563. The van der Waals surface area contributed by atoms with Gasteiger partial charge in [-0.3, -0.25) is 0 Å². The molecular formula is C12H25NO. The monoisotopic (exact) mass is 199 g/mol. The Bertz CT molecular complexity index is 149. The third kappa shape index (κ3) is 2.48. The van der Waals surface area contributed by atoms with Crippen molar-refractivity contribution < 1.29 is 4.74 Å². The van der Waals surface area contributed by atoms with Crippen LogP contribution < -0.4 is 5.32 Å². The number of hydrogen-bond donors (Lipinski definition) is 1. The fraction of sp³-hybridized carbons (Fsp3) is 1.00. The van der Waals surface area contributed by atoms with Gasteiger partial charge >= 0.3 is 0 Å². The molecule has 84 valence electrons. The Balaban J connectivity index is 2.35. The lowest BCUT2D eigenvalue weighted by Gasteiger charge is -2.46. The van der Waals surface area contributed by atoms with E-state index in [0.717, 1.165) is 0 Å². The lowest BCUT2D eigenvalue weighted by molar-refractivity contribution is -0.0988. The summed E-state index contributed by atoms with van der Waals surface area (Å²) >= 11 is 0. The van der Waals surface area contributed by atoms with Gasteiger partial charge in [0.1, 0.15) is 0 Å². The minimum absolute atomic E-state index is 0.169. The zero-order valence-electron chi connectivity index (χ0n) is 9.94. The maximum absolute atomic E-state index is 5.69. The maximum atomic E-state index is 5.69. The summed E-state index contributed by atoms with van der Waals surface area (Å²) in [5.41, 5.74) is 0.169. The minimum atomic E-state index is 0.169. The van der Waals surface area contributed by atoms with Gasteiger partial charge in [-0.15, -0.1) is 0 Å². The number of likely N-dealkylation sites (N-methyl/N-ethyl adjacent to an activating group) is 1. The van der Waals surface area contributed by atoms with Crippen LogP contribution in [0.25, 0.3) is 0 Å². The fourth-order valence-corrected chi connectivity index (χ4v) is 2.49. The highest BCUT2D eigenvalue weighted by molar-refractivity contribution is 4.98. The normalized spacial score (nSPS) is 21.6. The van der Waals surface area contributed by atoms with E-state index in [1.165, 1.54) is 44.9 Å². The van der Waals surface area contributed by atoms with Gasteiger partial charge in [-0.25, -0.2) is 0 Å². The maximum Gasteiger partial charge on any atom is 0.0830 e. The van der Waals surface area contributed by atoms with E-state index in [2.05, 4.69) is 19.3 Å². The number of ether oxygens (including phenoxy) is 1. The topological polar surface area (TPSA) is 21.3 Å².